The molecule has 2 rings (SSSR count). The van der Waals surface area contributed by atoms with Crippen LogP contribution in [0.5, 0.6) is 0 Å². The van der Waals surface area contributed by atoms with Gasteiger partial charge in [-0.05, 0) is 45.8 Å². The van der Waals surface area contributed by atoms with Gasteiger partial charge in [-0.25, -0.2) is 8.78 Å². The van der Waals surface area contributed by atoms with Crippen molar-refractivity contribution in [3.8, 4) is 0 Å². The summed E-state index contributed by atoms with van der Waals surface area (Å²) in [5.41, 5.74) is 6.81. The van der Waals surface area contributed by atoms with E-state index in [4.69, 9.17) is 5.73 Å². The number of nitrogens with two attached hydrogens (primary N) is 1. The van der Waals surface area contributed by atoms with E-state index in [1.54, 1.807) is 12.1 Å². The Bertz CT molecular complexity index is 570. The van der Waals surface area contributed by atoms with E-state index in [0.717, 1.165) is 22.2 Å². The fraction of sp³-hybridized carbons (Fsp3) is 0.0769. The summed E-state index contributed by atoms with van der Waals surface area (Å²) in [4.78, 5) is 0. The van der Waals surface area contributed by atoms with Gasteiger partial charge < -0.3 is 5.73 Å². The van der Waals surface area contributed by atoms with Gasteiger partial charge in [0.05, 0.1) is 10.5 Å². The molecule has 1 nitrogen and oxygen atoms in total. The molecular formula is C13H9Br2F2N. The van der Waals surface area contributed by atoms with Crippen molar-refractivity contribution >= 4 is 31.9 Å². The minimum atomic E-state index is -0.694. The zero-order valence-electron chi connectivity index (χ0n) is 9.13. The molecule has 0 bridgehead atoms. The van der Waals surface area contributed by atoms with E-state index in [1.165, 1.54) is 0 Å². The molecule has 1 unspecified atom stereocenters. The number of halogens is 4. The quantitative estimate of drug-likeness (QED) is 0.765. The number of rotatable bonds is 2. The SMILES string of the molecule is NC(c1ccc(Br)cc1)c1cc(F)c(Br)cc1F. The third-order valence-corrected chi connectivity index (χ3v) is 3.74. The highest BCUT2D eigenvalue weighted by atomic mass is 79.9. The summed E-state index contributed by atoms with van der Waals surface area (Å²) in [6.07, 6.45) is 0. The number of benzene rings is 2. The molecule has 0 heterocycles. The normalized spacial score (nSPS) is 12.5. The van der Waals surface area contributed by atoms with E-state index in [0.29, 0.717) is 0 Å². The first-order valence-corrected chi connectivity index (χ1v) is 6.73. The van der Waals surface area contributed by atoms with Gasteiger partial charge in [-0.2, -0.15) is 0 Å². The van der Waals surface area contributed by atoms with Crippen LogP contribution in [0.25, 0.3) is 0 Å². The van der Waals surface area contributed by atoms with Crippen molar-refractivity contribution in [3.63, 3.8) is 0 Å². The molecule has 2 aromatic rings. The van der Waals surface area contributed by atoms with Gasteiger partial charge in [0.1, 0.15) is 11.6 Å². The maximum atomic E-state index is 13.8. The first kappa shape index (κ1) is 13.6. The Hall–Kier alpha value is -0.780. The van der Waals surface area contributed by atoms with Crippen molar-refractivity contribution in [1.29, 1.82) is 0 Å². The molecule has 0 aliphatic heterocycles. The van der Waals surface area contributed by atoms with E-state index in [2.05, 4.69) is 31.9 Å². The maximum Gasteiger partial charge on any atom is 0.137 e. The lowest BCUT2D eigenvalue weighted by atomic mass is 9.99. The fourth-order valence-corrected chi connectivity index (χ4v) is 2.21. The zero-order valence-corrected chi connectivity index (χ0v) is 12.3. The molecule has 0 amide bonds. The second kappa shape index (κ2) is 5.47. The molecule has 94 valence electrons. The number of hydrogen-bond acceptors (Lipinski definition) is 1. The number of hydrogen-bond donors (Lipinski definition) is 1. The minimum absolute atomic E-state index is 0.0896. The van der Waals surface area contributed by atoms with Gasteiger partial charge in [0.15, 0.2) is 0 Å². The Labute approximate surface area is 120 Å². The first-order chi connectivity index (χ1) is 8.49. The predicted molar refractivity (Wildman–Crippen MR) is 74.2 cm³/mol. The van der Waals surface area contributed by atoms with E-state index < -0.39 is 17.7 Å². The molecule has 0 aliphatic rings. The smallest absolute Gasteiger partial charge is 0.137 e. The largest absolute Gasteiger partial charge is 0.320 e. The molecular weight excluding hydrogens is 368 g/mol. The second-order valence-corrected chi connectivity index (χ2v) is 5.59. The standard InChI is InChI=1S/C13H9Br2F2N/c14-8-3-1-7(2-4-8)13(18)9-5-12(17)10(15)6-11(9)16/h1-6,13H,18H2. The van der Waals surface area contributed by atoms with Crippen LogP contribution >= 0.6 is 31.9 Å². The Morgan fingerprint density at radius 3 is 2.17 bits per heavy atom. The summed E-state index contributed by atoms with van der Waals surface area (Å²) < 4.78 is 28.2. The van der Waals surface area contributed by atoms with E-state index in [-0.39, 0.29) is 10.0 Å². The molecule has 18 heavy (non-hydrogen) atoms. The molecule has 1 atom stereocenters. The van der Waals surface area contributed by atoms with Crippen LogP contribution in [0.15, 0.2) is 45.3 Å². The van der Waals surface area contributed by atoms with Crippen LogP contribution in [0, 0.1) is 11.6 Å². The van der Waals surface area contributed by atoms with Crippen molar-refractivity contribution in [2.45, 2.75) is 6.04 Å². The molecule has 0 radical (unpaired) electrons. The van der Waals surface area contributed by atoms with Gasteiger partial charge in [0.25, 0.3) is 0 Å². The molecule has 0 saturated carbocycles. The van der Waals surface area contributed by atoms with Gasteiger partial charge >= 0.3 is 0 Å². The van der Waals surface area contributed by atoms with E-state index in [1.807, 2.05) is 12.1 Å². The zero-order chi connectivity index (χ0) is 13.3. The summed E-state index contributed by atoms with van der Waals surface area (Å²) in [5.74, 6) is -1.06. The van der Waals surface area contributed by atoms with Crippen LogP contribution in [0.3, 0.4) is 0 Å². The Balaban J connectivity index is 2.42. The summed E-state index contributed by atoms with van der Waals surface area (Å²) in [5, 5.41) is 0. The fourth-order valence-electron chi connectivity index (χ4n) is 1.63. The molecule has 2 N–H and O–H groups in total. The second-order valence-electron chi connectivity index (χ2n) is 3.82. The van der Waals surface area contributed by atoms with Gasteiger partial charge in [-0.3, -0.25) is 0 Å². The lowest BCUT2D eigenvalue weighted by Crippen LogP contribution is -2.14. The minimum Gasteiger partial charge on any atom is -0.320 e. The van der Waals surface area contributed by atoms with Gasteiger partial charge in [0.2, 0.25) is 0 Å². The molecule has 0 saturated heterocycles. The van der Waals surface area contributed by atoms with Crippen molar-refractivity contribution in [2.75, 3.05) is 0 Å². The third kappa shape index (κ3) is 2.79. The Kier molecular flexibility index (Phi) is 4.14. The van der Waals surface area contributed by atoms with Crippen LogP contribution in [0.2, 0.25) is 0 Å². The van der Waals surface area contributed by atoms with Crippen LogP contribution in [-0.2, 0) is 0 Å². The summed E-state index contributed by atoms with van der Waals surface area (Å²) in [6, 6.07) is 8.67. The summed E-state index contributed by atoms with van der Waals surface area (Å²) >= 11 is 6.24. The maximum absolute atomic E-state index is 13.8. The van der Waals surface area contributed by atoms with Crippen molar-refractivity contribution in [3.05, 3.63) is 68.1 Å². The first-order valence-electron chi connectivity index (χ1n) is 5.14. The molecule has 5 heteroatoms. The van der Waals surface area contributed by atoms with Gasteiger partial charge in [-0.15, -0.1) is 0 Å². The monoisotopic (exact) mass is 375 g/mol. The average molecular weight is 377 g/mol. The summed E-state index contributed by atoms with van der Waals surface area (Å²) in [6.45, 7) is 0. The van der Waals surface area contributed by atoms with Gasteiger partial charge in [-0.1, -0.05) is 28.1 Å². The highest BCUT2D eigenvalue weighted by molar-refractivity contribution is 9.10. The molecule has 0 aliphatic carbocycles. The molecule has 0 aromatic heterocycles. The highest BCUT2D eigenvalue weighted by Gasteiger charge is 2.16. The van der Waals surface area contributed by atoms with E-state index >= 15 is 0 Å². The highest BCUT2D eigenvalue weighted by Crippen LogP contribution is 2.27. The Morgan fingerprint density at radius 2 is 1.56 bits per heavy atom. The Morgan fingerprint density at radius 1 is 0.944 bits per heavy atom. The van der Waals surface area contributed by atoms with Crippen LogP contribution in [-0.4, -0.2) is 0 Å². The lowest BCUT2D eigenvalue weighted by Gasteiger charge is -2.14. The van der Waals surface area contributed by atoms with Gasteiger partial charge in [0, 0.05) is 10.0 Å². The molecule has 2 aromatic carbocycles. The van der Waals surface area contributed by atoms with Crippen molar-refractivity contribution in [2.24, 2.45) is 5.73 Å². The predicted octanol–water partition coefficient (Wildman–Crippen LogP) is 4.54. The average Bonchev–Trinajstić information content (AvgIpc) is 2.34. The topological polar surface area (TPSA) is 26.0 Å². The lowest BCUT2D eigenvalue weighted by molar-refractivity contribution is 0.572. The molecule has 0 fully saturated rings. The van der Waals surface area contributed by atoms with Crippen LogP contribution < -0.4 is 5.73 Å². The van der Waals surface area contributed by atoms with E-state index in [9.17, 15) is 8.78 Å². The van der Waals surface area contributed by atoms with Crippen LogP contribution in [0.4, 0.5) is 8.78 Å². The van der Waals surface area contributed by atoms with Crippen molar-refractivity contribution < 1.29 is 8.78 Å². The van der Waals surface area contributed by atoms with Crippen LogP contribution in [0.1, 0.15) is 17.2 Å². The summed E-state index contributed by atoms with van der Waals surface area (Å²) in [7, 11) is 0. The third-order valence-electron chi connectivity index (χ3n) is 2.60. The molecule has 0 spiro atoms. The van der Waals surface area contributed by atoms with Crippen molar-refractivity contribution in [1.82, 2.24) is 0 Å².